The maximum atomic E-state index is 12.4. The van der Waals surface area contributed by atoms with E-state index in [1.807, 2.05) is 25.1 Å². The summed E-state index contributed by atoms with van der Waals surface area (Å²) in [5.74, 6) is -1.04. The molecule has 1 N–H and O–H groups in total. The van der Waals surface area contributed by atoms with Crippen LogP contribution >= 0.6 is 23.4 Å². The Balaban J connectivity index is 1.92. The zero-order valence-electron chi connectivity index (χ0n) is 11.8. The zero-order chi connectivity index (χ0) is 15.4. The van der Waals surface area contributed by atoms with E-state index in [0.29, 0.717) is 31.0 Å². The Hall–Kier alpha value is -1.20. The van der Waals surface area contributed by atoms with Crippen molar-refractivity contribution < 1.29 is 14.7 Å². The molecule has 1 aromatic rings. The summed E-state index contributed by atoms with van der Waals surface area (Å²) in [6.07, 6.45) is 1.06. The van der Waals surface area contributed by atoms with E-state index < -0.39 is 5.97 Å². The summed E-state index contributed by atoms with van der Waals surface area (Å²) < 4.78 is 0. The van der Waals surface area contributed by atoms with Crippen LogP contribution in [0.4, 0.5) is 0 Å². The first-order valence-corrected chi connectivity index (χ1v) is 8.17. The van der Waals surface area contributed by atoms with Crippen molar-refractivity contribution in [3.63, 3.8) is 0 Å². The van der Waals surface area contributed by atoms with Crippen molar-refractivity contribution in [1.82, 2.24) is 4.90 Å². The number of nitrogens with zero attached hydrogens (tertiary/aromatic N) is 1. The van der Waals surface area contributed by atoms with Crippen LogP contribution in [-0.2, 0) is 9.59 Å². The third kappa shape index (κ3) is 4.14. The Morgan fingerprint density at radius 1 is 1.33 bits per heavy atom. The van der Waals surface area contributed by atoms with Crippen LogP contribution in [0.1, 0.15) is 19.8 Å². The van der Waals surface area contributed by atoms with E-state index in [0.717, 1.165) is 4.90 Å². The third-order valence-electron chi connectivity index (χ3n) is 3.64. The van der Waals surface area contributed by atoms with Gasteiger partial charge in [0.2, 0.25) is 5.91 Å². The van der Waals surface area contributed by atoms with Crippen molar-refractivity contribution in [1.29, 1.82) is 0 Å². The van der Waals surface area contributed by atoms with E-state index in [-0.39, 0.29) is 17.1 Å². The highest BCUT2D eigenvalue weighted by Gasteiger charge is 2.29. The highest BCUT2D eigenvalue weighted by atomic mass is 35.5. The average molecular weight is 328 g/mol. The topological polar surface area (TPSA) is 57.6 Å². The van der Waals surface area contributed by atoms with Gasteiger partial charge in [0.15, 0.2) is 0 Å². The lowest BCUT2D eigenvalue weighted by Gasteiger charge is -2.31. The minimum absolute atomic E-state index is 0.0451. The third-order valence-corrected chi connectivity index (χ3v) is 5.25. The Kier molecular flexibility index (Phi) is 5.53. The van der Waals surface area contributed by atoms with Gasteiger partial charge >= 0.3 is 5.97 Å². The molecule has 21 heavy (non-hydrogen) atoms. The monoisotopic (exact) mass is 327 g/mol. The zero-order valence-corrected chi connectivity index (χ0v) is 13.4. The summed E-state index contributed by atoms with van der Waals surface area (Å²) in [6.45, 7) is 2.89. The number of hydrogen-bond acceptors (Lipinski definition) is 3. The first kappa shape index (κ1) is 16.2. The van der Waals surface area contributed by atoms with Crippen LogP contribution in [0.3, 0.4) is 0 Å². The lowest BCUT2D eigenvalue weighted by atomic mass is 9.97. The van der Waals surface area contributed by atoms with Crippen LogP contribution in [0.15, 0.2) is 29.2 Å². The minimum Gasteiger partial charge on any atom is -0.481 e. The number of carboxylic acids is 1. The van der Waals surface area contributed by atoms with Crippen LogP contribution < -0.4 is 0 Å². The maximum Gasteiger partial charge on any atom is 0.306 e. The molecule has 1 saturated heterocycles. The molecular formula is C15H18ClNO3S. The molecule has 1 fully saturated rings. The van der Waals surface area contributed by atoms with Gasteiger partial charge in [0.05, 0.1) is 16.2 Å². The predicted octanol–water partition coefficient (Wildman–Crippen LogP) is 3.14. The lowest BCUT2D eigenvalue weighted by Crippen LogP contribution is -2.43. The Labute approximate surface area is 133 Å². The number of halogens is 1. The number of carbonyl (C=O) groups is 2. The van der Waals surface area contributed by atoms with E-state index >= 15 is 0 Å². The van der Waals surface area contributed by atoms with Crippen molar-refractivity contribution in [3.05, 3.63) is 29.3 Å². The number of rotatable bonds is 4. The molecule has 1 aliphatic heterocycles. The molecule has 0 bridgehead atoms. The summed E-state index contributed by atoms with van der Waals surface area (Å²) in [4.78, 5) is 26.0. The summed E-state index contributed by atoms with van der Waals surface area (Å²) >= 11 is 7.54. The van der Waals surface area contributed by atoms with Crippen LogP contribution in [0.25, 0.3) is 0 Å². The molecule has 1 amide bonds. The van der Waals surface area contributed by atoms with E-state index in [9.17, 15) is 9.59 Å². The molecule has 1 aliphatic rings. The molecule has 0 spiro atoms. The number of thioether (sulfide) groups is 1. The molecule has 0 radical (unpaired) electrons. The van der Waals surface area contributed by atoms with Crippen LogP contribution in [0.2, 0.25) is 5.02 Å². The predicted molar refractivity (Wildman–Crippen MR) is 83.7 cm³/mol. The van der Waals surface area contributed by atoms with Gasteiger partial charge in [-0.2, -0.15) is 0 Å². The van der Waals surface area contributed by atoms with Gasteiger partial charge in [-0.1, -0.05) is 23.7 Å². The fourth-order valence-corrected chi connectivity index (χ4v) is 3.62. The smallest absolute Gasteiger partial charge is 0.306 e. The number of likely N-dealkylation sites (tertiary alicyclic amines) is 1. The van der Waals surface area contributed by atoms with Gasteiger partial charge in [0, 0.05) is 18.0 Å². The van der Waals surface area contributed by atoms with Crippen molar-refractivity contribution >= 4 is 35.2 Å². The molecule has 0 aromatic heterocycles. The molecule has 0 aliphatic carbocycles. The van der Waals surface area contributed by atoms with Crippen molar-refractivity contribution in [2.75, 3.05) is 13.1 Å². The lowest BCUT2D eigenvalue weighted by molar-refractivity contribution is -0.145. The molecule has 1 aromatic carbocycles. The van der Waals surface area contributed by atoms with E-state index in [1.54, 1.807) is 11.0 Å². The van der Waals surface area contributed by atoms with E-state index in [2.05, 4.69) is 0 Å². The normalized spacial score (nSPS) is 17.5. The number of benzene rings is 1. The van der Waals surface area contributed by atoms with E-state index in [4.69, 9.17) is 16.7 Å². The van der Waals surface area contributed by atoms with Gasteiger partial charge < -0.3 is 10.0 Å². The van der Waals surface area contributed by atoms with Gasteiger partial charge in [0.25, 0.3) is 0 Å². The molecule has 1 heterocycles. The quantitative estimate of drug-likeness (QED) is 0.863. The summed E-state index contributed by atoms with van der Waals surface area (Å²) in [5, 5.41) is 9.39. The van der Waals surface area contributed by atoms with Gasteiger partial charge in [0.1, 0.15) is 0 Å². The molecule has 114 valence electrons. The molecule has 2 rings (SSSR count). The fourth-order valence-electron chi connectivity index (χ4n) is 2.39. The molecule has 1 unspecified atom stereocenters. The second kappa shape index (κ2) is 7.18. The highest BCUT2D eigenvalue weighted by Crippen LogP contribution is 2.31. The number of carbonyl (C=O) groups excluding carboxylic acids is 1. The molecular weight excluding hydrogens is 310 g/mol. The van der Waals surface area contributed by atoms with Crippen LogP contribution in [0.5, 0.6) is 0 Å². The van der Waals surface area contributed by atoms with Gasteiger partial charge in [-0.25, -0.2) is 0 Å². The molecule has 0 saturated carbocycles. The first-order valence-electron chi connectivity index (χ1n) is 6.92. The highest BCUT2D eigenvalue weighted by molar-refractivity contribution is 8.00. The minimum atomic E-state index is -0.763. The van der Waals surface area contributed by atoms with Crippen molar-refractivity contribution in [2.45, 2.75) is 29.9 Å². The molecule has 1 atom stereocenters. The van der Waals surface area contributed by atoms with Gasteiger partial charge in [-0.3, -0.25) is 9.59 Å². The second-order valence-electron chi connectivity index (χ2n) is 5.13. The fraction of sp³-hybridized carbons (Fsp3) is 0.467. The van der Waals surface area contributed by atoms with Crippen molar-refractivity contribution in [3.8, 4) is 0 Å². The Morgan fingerprint density at radius 2 is 1.95 bits per heavy atom. The number of hydrogen-bond donors (Lipinski definition) is 1. The Bertz CT molecular complexity index is 529. The second-order valence-corrected chi connectivity index (χ2v) is 6.92. The summed E-state index contributed by atoms with van der Waals surface area (Å²) in [6, 6.07) is 7.45. The van der Waals surface area contributed by atoms with E-state index in [1.165, 1.54) is 11.8 Å². The summed E-state index contributed by atoms with van der Waals surface area (Å²) in [5.41, 5.74) is 0. The van der Waals surface area contributed by atoms with Gasteiger partial charge in [-0.15, -0.1) is 11.8 Å². The SMILES string of the molecule is CC(Sc1ccccc1Cl)C(=O)N1CCC(C(=O)O)CC1. The largest absolute Gasteiger partial charge is 0.481 e. The molecule has 4 nitrogen and oxygen atoms in total. The Morgan fingerprint density at radius 3 is 2.52 bits per heavy atom. The average Bonchev–Trinajstić information content (AvgIpc) is 2.49. The van der Waals surface area contributed by atoms with Crippen LogP contribution in [0, 0.1) is 5.92 Å². The standard InChI is InChI=1S/C15H18ClNO3S/c1-10(21-13-5-3-2-4-12(13)16)14(18)17-8-6-11(7-9-17)15(19)20/h2-5,10-11H,6-9H2,1H3,(H,19,20). The number of amides is 1. The number of carboxylic acid groups (broad SMARTS) is 1. The summed E-state index contributed by atoms with van der Waals surface area (Å²) in [7, 11) is 0. The van der Waals surface area contributed by atoms with Crippen LogP contribution in [-0.4, -0.2) is 40.2 Å². The number of piperidine rings is 1. The van der Waals surface area contributed by atoms with Gasteiger partial charge in [-0.05, 0) is 31.9 Å². The van der Waals surface area contributed by atoms with Crippen molar-refractivity contribution in [2.24, 2.45) is 5.92 Å². The number of aliphatic carboxylic acids is 1. The maximum absolute atomic E-state index is 12.4. The first-order chi connectivity index (χ1) is 9.99. The molecule has 6 heteroatoms.